The highest BCUT2D eigenvalue weighted by atomic mass is 32.1. The number of anilines is 1. The first-order valence-corrected chi connectivity index (χ1v) is 10.2. The molecule has 10 heteroatoms. The topological polar surface area (TPSA) is 102 Å². The lowest BCUT2D eigenvalue weighted by atomic mass is 10.2. The highest BCUT2D eigenvalue weighted by molar-refractivity contribution is 7.16. The number of carbonyl (C=O) groups is 4. The number of hydrogen-bond acceptors (Lipinski definition) is 9. The van der Waals surface area contributed by atoms with Crippen LogP contribution in [0.1, 0.15) is 60.9 Å². The fourth-order valence-corrected chi connectivity index (χ4v) is 3.07. The molecule has 0 fully saturated rings. The summed E-state index contributed by atoms with van der Waals surface area (Å²) in [6, 6.07) is 1.27. The highest BCUT2D eigenvalue weighted by Crippen LogP contribution is 2.34. The van der Waals surface area contributed by atoms with Gasteiger partial charge in [-0.05, 0) is 47.6 Å². The van der Waals surface area contributed by atoms with E-state index in [4.69, 9.17) is 14.2 Å². The highest BCUT2D eigenvalue weighted by Gasteiger charge is 2.37. The van der Waals surface area contributed by atoms with Gasteiger partial charge in [-0.1, -0.05) is 0 Å². The van der Waals surface area contributed by atoms with Crippen LogP contribution < -0.4 is 4.90 Å². The summed E-state index contributed by atoms with van der Waals surface area (Å²) in [5, 5.41) is 0. The molecule has 1 rings (SSSR count). The van der Waals surface area contributed by atoms with Crippen LogP contribution in [0.2, 0.25) is 0 Å². The van der Waals surface area contributed by atoms with E-state index in [2.05, 4.69) is 0 Å². The van der Waals surface area contributed by atoms with Crippen molar-refractivity contribution in [2.45, 2.75) is 52.7 Å². The van der Waals surface area contributed by atoms with E-state index in [1.807, 2.05) is 0 Å². The van der Waals surface area contributed by atoms with E-state index >= 15 is 0 Å². The van der Waals surface area contributed by atoms with Gasteiger partial charge in [0.15, 0.2) is 5.78 Å². The number of methoxy groups -OCH3 is 1. The molecule has 0 unspecified atom stereocenters. The molecule has 0 aliphatic heterocycles. The number of rotatable bonds is 5. The summed E-state index contributed by atoms with van der Waals surface area (Å²) in [6.07, 6.45) is 0.751. The summed E-state index contributed by atoms with van der Waals surface area (Å²) in [5.74, 6) is -1.23. The van der Waals surface area contributed by atoms with E-state index in [1.165, 1.54) is 12.1 Å². The summed E-state index contributed by atoms with van der Waals surface area (Å²) < 4.78 is 15.5. The Balaban J connectivity index is 3.59. The van der Waals surface area contributed by atoms with Gasteiger partial charge in [-0.3, -0.25) is 4.79 Å². The fraction of sp³-hybridized carbons (Fsp3) is 0.524. The smallest absolute Gasteiger partial charge is 0.424 e. The third-order valence-corrected chi connectivity index (χ3v) is 4.36. The molecule has 0 N–H and O–H groups in total. The first kappa shape index (κ1) is 26.2. The van der Waals surface area contributed by atoms with Gasteiger partial charge in [0, 0.05) is 26.4 Å². The van der Waals surface area contributed by atoms with E-state index in [0.29, 0.717) is 4.90 Å². The SMILES string of the molecule is COC(=O)c1sc(C(=O)C=CN(C)C)cc1N(C(=O)OC(C)(C)C)C(=O)OC(C)(C)C. The van der Waals surface area contributed by atoms with E-state index in [-0.39, 0.29) is 15.4 Å². The summed E-state index contributed by atoms with van der Waals surface area (Å²) >= 11 is 0.800. The second-order valence-electron chi connectivity index (χ2n) is 8.76. The van der Waals surface area contributed by atoms with Crippen LogP contribution in [-0.2, 0) is 14.2 Å². The van der Waals surface area contributed by atoms with Crippen molar-refractivity contribution in [2.75, 3.05) is 26.1 Å². The van der Waals surface area contributed by atoms with E-state index in [0.717, 1.165) is 18.4 Å². The summed E-state index contributed by atoms with van der Waals surface area (Å²) in [7, 11) is 4.65. The van der Waals surface area contributed by atoms with Crippen molar-refractivity contribution in [3.05, 3.63) is 28.1 Å². The molecular formula is C21H30N2O7S. The van der Waals surface area contributed by atoms with Gasteiger partial charge in [0.1, 0.15) is 16.1 Å². The molecule has 2 amide bonds. The van der Waals surface area contributed by atoms with Crippen molar-refractivity contribution in [3.63, 3.8) is 0 Å². The van der Waals surface area contributed by atoms with Crippen LogP contribution in [-0.4, -0.2) is 61.2 Å². The Bertz CT molecular complexity index is 845. The van der Waals surface area contributed by atoms with Gasteiger partial charge < -0.3 is 19.1 Å². The lowest BCUT2D eigenvalue weighted by Gasteiger charge is -2.28. The Morgan fingerprint density at radius 3 is 1.81 bits per heavy atom. The zero-order valence-electron chi connectivity index (χ0n) is 19.4. The molecule has 1 heterocycles. The number of imide groups is 1. The first-order valence-electron chi connectivity index (χ1n) is 9.43. The van der Waals surface area contributed by atoms with Crippen molar-refractivity contribution in [1.29, 1.82) is 0 Å². The summed E-state index contributed by atoms with van der Waals surface area (Å²) in [6.45, 7) is 9.80. The molecule has 31 heavy (non-hydrogen) atoms. The molecule has 0 saturated carbocycles. The van der Waals surface area contributed by atoms with E-state index < -0.39 is 35.1 Å². The molecule has 172 valence electrons. The van der Waals surface area contributed by atoms with Gasteiger partial charge in [0.05, 0.1) is 17.7 Å². The van der Waals surface area contributed by atoms with Crippen molar-refractivity contribution in [3.8, 4) is 0 Å². The Hall–Kier alpha value is -2.88. The molecule has 0 radical (unpaired) electrons. The molecule has 9 nitrogen and oxygen atoms in total. The van der Waals surface area contributed by atoms with Crippen LogP contribution in [0.15, 0.2) is 18.3 Å². The van der Waals surface area contributed by atoms with Crippen LogP contribution in [0, 0.1) is 0 Å². The average Bonchev–Trinajstić information content (AvgIpc) is 3.00. The average molecular weight is 455 g/mol. The molecular weight excluding hydrogens is 424 g/mol. The molecule has 0 aliphatic carbocycles. The number of allylic oxidation sites excluding steroid dienone is 1. The number of hydrogen-bond donors (Lipinski definition) is 0. The van der Waals surface area contributed by atoms with Crippen molar-refractivity contribution < 1.29 is 33.4 Å². The van der Waals surface area contributed by atoms with Gasteiger partial charge >= 0.3 is 18.2 Å². The minimum absolute atomic E-state index is 0.110. The zero-order valence-corrected chi connectivity index (χ0v) is 20.2. The second kappa shape index (κ2) is 9.95. The molecule has 0 atom stereocenters. The predicted octanol–water partition coefficient (Wildman–Crippen LogP) is 4.47. The fourth-order valence-electron chi connectivity index (χ4n) is 2.09. The van der Waals surface area contributed by atoms with Gasteiger partial charge in [-0.2, -0.15) is 4.90 Å². The third-order valence-electron chi connectivity index (χ3n) is 3.24. The van der Waals surface area contributed by atoms with Crippen molar-refractivity contribution in [2.24, 2.45) is 0 Å². The van der Waals surface area contributed by atoms with Crippen molar-refractivity contribution in [1.82, 2.24) is 4.90 Å². The standard InChI is InChI=1S/C21H30N2O7S/c1-20(2,3)29-18(26)23(19(27)30-21(4,5)6)13-12-15(14(24)10-11-22(7)8)31-16(13)17(25)28-9/h10-12H,1-9H3. The molecule has 0 bridgehead atoms. The number of thiophene rings is 1. The van der Waals surface area contributed by atoms with Gasteiger partial charge in [-0.25, -0.2) is 14.4 Å². The normalized spacial score (nSPS) is 11.8. The predicted molar refractivity (Wildman–Crippen MR) is 118 cm³/mol. The lowest BCUT2D eigenvalue weighted by molar-refractivity contribution is 0.0430. The number of ether oxygens (including phenoxy) is 3. The molecule has 0 spiro atoms. The largest absolute Gasteiger partial charge is 0.465 e. The van der Waals surface area contributed by atoms with Crippen molar-refractivity contribution >= 4 is 41.0 Å². The van der Waals surface area contributed by atoms with Crippen LogP contribution in [0.25, 0.3) is 0 Å². The monoisotopic (exact) mass is 454 g/mol. The molecule has 0 aliphatic rings. The number of amides is 2. The Labute approximate surface area is 186 Å². The lowest BCUT2D eigenvalue weighted by Crippen LogP contribution is -2.44. The van der Waals surface area contributed by atoms with E-state index in [9.17, 15) is 19.2 Å². The maximum Gasteiger partial charge on any atom is 0.424 e. The minimum atomic E-state index is -1.05. The number of esters is 1. The molecule has 1 aromatic heterocycles. The Morgan fingerprint density at radius 2 is 1.42 bits per heavy atom. The zero-order chi connectivity index (χ0) is 24.1. The number of carbonyl (C=O) groups excluding carboxylic acids is 4. The summed E-state index contributed by atoms with van der Waals surface area (Å²) in [4.78, 5) is 53.0. The van der Waals surface area contributed by atoms with Crippen LogP contribution >= 0.6 is 11.3 Å². The third kappa shape index (κ3) is 8.05. The second-order valence-corrected chi connectivity index (χ2v) is 9.81. The molecule has 0 aromatic carbocycles. The Morgan fingerprint density at radius 1 is 0.935 bits per heavy atom. The number of ketones is 1. The van der Waals surface area contributed by atoms with Gasteiger partial charge in [-0.15, -0.1) is 11.3 Å². The number of nitrogens with zero attached hydrogens (tertiary/aromatic N) is 2. The maximum atomic E-state index is 12.9. The van der Waals surface area contributed by atoms with Gasteiger partial charge in [0.25, 0.3) is 0 Å². The maximum absolute atomic E-state index is 12.9. The van der Waals surface area contributed by atoms with Crippen LogP contribution in [0.4, 0.5) is 15.3 Å². The first-order chi connectivity index (χ1) is 14.1. The molecule has 0 saturated heterocycles. The van der Waals surface area contributed by atoms with Crippen LogP contribution in [0.3, 0.4) is 0 Å². The van der Waals surface area contributed by atoms with Crippen LogP contribution in [0.5, 0.6) is 0 Å². The Kier molecular flexibility index (Phi) is 8.40. The minimum Gasteiger partial charge on any atom is -0.465 e. The quantitative estimate of drug-likeness (QED) is 0.278. The van der Waals surface area contributed by atoms with Gasteiger partial charge in [0.2, 0.25) is 0 Å². The van der Waals surface area contributed by atoms with E-state index in [1.54, 1.807) is 66.7 Å². The molecule has 1 aromatic rings. The summed E-state index contributed by atoms with van der Waals surface area (Å²) in [5.41, 5.74) is -2.00.